The molecule has 0 heterocycles. The van der Waals surface area contributed by atoms with Gasteiger partial charge in [-0.1, -0.05) is 74.5 Å². The van der Waals surface area contributed by atoms with Crippen LogP contribution in [-0.4, -0.2) is 20.3 Å². The summed E-state index contributed by atoms with van der Waals surface area (Å²) in [5.74, 6) is 0. The smallest absolute Gasteiger partial charge is 0.0642 e. The summed E-state index contributed by atoms with van der Waals surface area (Å²) < 4.78 is 5.33. The van der Waals surface area contributed by atoms with Crippen molar-refractivity contribution in [3.8, 4) is 0 Å². The highest BCUT2D eigenvalue weighted by molar-refractivity contribution is 6.30. The van der Waals surface area contributed by atoms with Crippen LogP contribution in [0.25, 0.3) is 5.70 Å². The molecule has 2 rings (SSSR count). The number of halogens is 1. The lowest BCUT2D eigenvalue weighted by atomic mass is 10.1. The number of hydrogen-bond donors (Lipinski definition) is 1. The Hall–Kier alpha value is -2.49. The molecule has 3 nitrogen and oxygen atoms in total. The Morgan fingerprint density at radius 2 is 1.73 bits per heavy atom. The lowest BCUT2D eigenvalue weighted by molar-refractivity contribution is 0.206. The van der Waals surface area contributed by atoms with E-state index in [0.717, 1.165) is 28.3 Å². The quantitative estimate of drug-likeness (QED) is 0.432. The third-order valence-corrected chi connectivity index (χ3v) is 4.82. The van der Waals surface area contributed by atoms with Crippen molar-refractivity contribution in [2.24, 2.45) is 0 Å². The van der Waals surface area contributed by atoms with Crippen molar-refractivity contribution in [2.75, 3.05) is 25.2 Å². The molecule has 0 bridgehead atoms. The van der Waals surface area contributed by atoms with Crippen molar-refractivity contribution in [1.29, 1.82) is 0 Å². The number of ether oxygens (including phenoxy) is 1. The van der Waals surface area contributed by atoms with Gasteiger partial charge in [0.25, 0.3) is 0 Å². The molecule has 0 aliphatic heterocycles. The Balaban J connectivity index is 0.00000218. The molecule has 0 aromatic heterocycles. The van der Waals surface area contributed by atoms with Gasteiger partial charge in [-0.3, -0.25) is 0 Å². The lowest BCUT2D eigenvalue weighted by Crippen LogP contribution is -2.30. The van der Waals surface area contributed by atoms with Gasteiger partial charge in [0.05, 0.1) is 18.0 Å². The molecule has 0 aliphatic rings. The molecule has 0 atom stereocenters. The molecule has 0 radical (unpaired) electrons. The van der Waals surface area contributed by atoms with E-state index in [4.69, 9.17) is 16.3 Å². The highest BCUT2D eigenvalue weighted by atomic mass is 35.5. The number of methoxy groups -OCH3 is 1. The molecule has 162 valence electrons. The largest absolute Gasteiger partial charge is 0.383 e. The molecule has 0 amide bonds. The minimum Gasteiger partial charge on any atom is -0.383 e. The predicted octanol–water partition coefficient (Wildman–Crippen LogP) is 7.11. The first-order valence-corrected chi connectivity index (χ1v) is 10.7. The maximum Gasteiger partial charge on any atom is 0.0642 e. The number of allylic oxidation sites excluding steroid dienone is 1. The SMILES string of the molecule is C=C(N/C(=C\C)C(=C)N(CCOC)c1ccc(C)cc1C)c1ccc(Cl)cc1.CC. The van der Waals surface area contributed by atoms with Gasteiger partial charge < -0.3 is 15.0 Å². The fourth-order valence-electron chi connectivity index (χ4n) is 3.03. The van der Waals surface area contributed by atoms with Gasteiger partial charge in [0, 0.05) is 30.1 Å². The van der Waals surface area contributed by atoms with Crippen LogP contribution < -0.4 is 10.2 Å². The van der Waals surface area contributed by atoms with Crippen LogP contribution in [0.15, 0.2) is 73.1 Å². The molecule has 0 fully saturated rings. The van der Waals surface area contributed by atoms with Crippen molar-refractivity contribution in [3.63, 3.8) is 0 Å². The number of nitrogens with zero attached hydrogens (tertiary/aromatic N) is 1. The van der Waals surface area contributed by atoms with Gasteiger partial charge in [-0.15, -0.1) is 0 Å². The van der Waals surface area contributed by atoms with E-state index in [0.29, 0.717) is 18.2 Å². The second-order valence-corrected chi connectivity index (χ2v) is 7.13. The molecule has 0 spiro atoms. The first-order chi connectivity index (χ1) is 14.4. The summed E-state index contributed by atoms with van der Waals surface area (Å²) >= 11 is 5.99. The van der Waals surface area contributed by atoms with Gasteiger partial charge in [-0.2, -0.15) is 0 Å². The van der Waals surface area contributed by atoms with Gasteiger partial charge in [-0.25, -0.2) is 0 Å². The molecule has 0 saturated heterocycles. The first kappa shape index (κ1) is 25.5. The Bertz CT molecular complexity index is 869. The van der Waals surface area contributed by atoms with Crippen LogP contribution in [0.3, 0.4) is 0 Å². The Kier molecular flexibility index (Phi) is 11.0. The average Bonchev–Trinajstić information content (AvgIpc) is 2.75. The number of benzene rings is 2. The van der Waals surface area contributed by atoms with E-state index in [1.54, 1.807) is 7.11 Å². The minimum absolute atomic E-state index is 0.599. The van der Waals surface area contributed by atoms with Crippen molar-refractivity contribution in [3.05, 3.63) is 94.8 Å². The zero-order valence-corrected chi connectivity index (χ0v) is 19.9. The molecule has 1 N–H and O–H groups in total. The average molecular weight is 427 g/mol. The molecule has 0 aliphatic carbocycles. The van der Waals surface area contributed by atoms with Crippen LogP contribution in [0.4, 0.5) is 5.69 Å². The van der Waals surface area contributed by atoms with Crippen LogP contribution in [0.5, 0.6) is 0 Å². The normalized spacial score (nSPS) is 10.7. The maximum absolute atomic E-state index is 5.99. The summed E-state index contributed by atoms with van der Waals surface area (Å²) in [6.07, 6.45) is 2.01. The third kappa shape index (κ3) is 7.08. The van der Waals surface area contributed by atoms with E-state index in [1.807, 2.05) is 51.1 Å². The van der Waals surface area contributed by atoms with Gasteiger partial charge >= 0.3 is 0 Å². The molecule has 2 aromatic carbocycles. The Labute approximate surface area is 187 Å². The van der Waals surface area contributed by atoms with Crippen LogP contribution in [0.2, 0.25) is 5.02 Å². The topological polar surface area (TPSA) is 24.5 Å². The zero-order valence-electron chi connectivity index (χ0n) is 19.2. The van der Waals surface area contributed by atoms with E-state index in [1.165, 1.54) is 11.1 Å². The standard InChI is InChI=1S/C24H29ClN2O.C2H6/c1-7-23(26-19(4)21-9-11-22(25)12-10-21)20(5)27(14-15-28-6)24-13-8-17(2)16-18(24)3;1-2/h7-13,16,26H,4-5,14-15H2,1-3,6H3;1-2H3/b23-7-;. The molecule has 0 saturated carbocycles. The van der Waals surface area contributed by atoms with Gasteiger partial charge in [0.1, 0.15) is 0 Å². The summed E-state index contributed by atoms with van der Waals surface area (Å²) in [5.41, 5.74) is 7.08. The van der Waals surface area contributed by atoms with E-state index < -0.39 is 0 Å². The number of nitrogens with one attached hydrogen (secondary N) is 1. The van der Waals surface area contributed by atoms with E-state index in [9.17, 15) is 0 Å². The highest BCUT2D eigenvalue weighted by Crippen LogP contribution is 2.27. The third-order valence-electron chi connectivity index (χ3n) is 4.57. The van der Waals surface area contributed by atoms with Crippen LogP contribution in [0.1, 0.15) is 37.5 Å². The molecule has 30 heavy (non-hydrogen) atoms. The second-order valence-electron chi connectivity index (χ2n) is 6.69. The predicted molar refractivity (Wildman–Crippen MR) is 133 cm³/mol. The van der Waals surface area contributed by atoms with Crippen molar-refractivity contribution in [1.82, 2.24) is 5.32 Å². The number of hydrogen-bond acceptors (Lipinski definition) is 3. The summed E-state index contributed by atoms with van der Waals surface area (Å²) in [7, 11) is 1.71. The van der Waals surface area contributed by atoms with Gasteiger partial charge in [0.15, 0.2) is 0 Å². The van der Waals surface area contributed by atoms with E-state index in [2.05, 4.69) is 55.4 Å². The minimum atomic E-state index is 0.599. The Morgan fingerprint density at radius 1 is 1.10 bits per heavy atom. The summed E-state index contributed by atoms with van der Waals surface area (Å²) in [6, 6.07) is 14.0. The summed E-state index contributed by atoms with van der Waals surface area (Å²) in [5, 5.41) is 4.10. The summed E-state index contributed by atoms with van der Waals surface area (Å²) in [4.78, 5) is 2.18. The number of aryl methyl sites for hydroxylation is 2. The highest BCUT2D eigenvalue weighted by Gasteiger charge is 2.16. The molecule has 0 unspecified atom stereocenters. The Morgan fingerprint density at radius 3 is 2.27 bits per heavy atom. The van der Waals surface area contributed by atoms with E-state index >= 15 is 0 Å². The lowest BCUT2D eigenvalue weighted by Gasteiger charge is -2.30. The van der Waals surface area contributed by atoms with E-state index in [-0.39, 0.29) is 0 Å². The molecular formula is C26H35ClN2O. The maximum atomic E-state index is 5.99. The fraction of sp³-hybridized carbons (Fsp3) is 0.308. The van der Waals surface area contributed by atoms with Gasteiger partial charge in [0.2, 0.25) is 0 Å². The van der Waals surface area contributed by atoms with Crippen LogP contribution >= 0.6 is 11.6 Å². The molecule has 2 aromatic rings. The van der Waals surface area contributed by atoms with Crippen molar-refractivity contribution < 1.29 is 4.74 Å². The van der Waals surface area contributed by atoms with Crippen LogP contribution in [-0.2, 0) is 4.74 Å². The van der Waals surface area contributed by atoms with Crippen LogP contribution in [0, 0.1) is 13.8 Å². The van der Waals surface area contributed by atoms with Gasteiger partial charge in [-0.05, 0) is 50.1 Å². The number of rotatable bonds is 9. The first-order valence-electron chi connectivity index (χ1n) is 10.3. The van der Waals surface area contributed by atoms with Crippen molar-refractivity contribution in [2.45, 2.75) is 34.6 Å². The summed E-state index contributed by atoms with van der Waals surface area (Å²) in [6.45, 7) is 20.0. The molecular weight excluding hydrogens is 392 g/mol. The molecule has 4 heteroatoms. The zero-order chi connectivity index (χ0) is 22.7. The monoisotopic (exact) mass is 426 g/mol. The number of anilines is 1. The van der Waals surface area contributed by atoms with Crippen molar-refractivity contribution >= 4 is 23.0 Å². The fourth-order valence-corrected chi connectivity index (χ4v) is 3.16. The second kappa shape index (κ2) is 12.9.